The number of furan rings is 1. The molecule has 1 aromatic heterocycles. The molecule has 2 heterocycles. The topological polar surface area (TPSA) is 85.6 Å². The number of amides is 1. The number of rotatable bonds is 5. The van der Waals surface area contributed by atoms with Crippen LogP contribution in [0.15, 0.2) is 50.4 Å². The SMILES string of the molecule is CS(=O)(=O)c1ccc(C(=O)NCC2(c3ccc(Br)cc3)CCOCC2)o1. The molecular weight excluding hydrogens is 422 g/mol. The molecule has 0 spiro atoms. The van der Waals surface area contributed by atoms with Gasteiger partial charge in [-0.3, -0.25) is 4.79 Å². The number of hydrogen-bond acceptors (Lipinski definition) is 5. The van der Waals surface area contributed by atoms with Crippen LogP contribution < -0.4 is 5.32 Å². The molecule has 0 atom stereocenters. The third-order valence-corrected chi connectivity index (χ3v) is 6.14. The Kier molecular flexibility index (Phi) is 5.55. The zero-order valence-corrected chi connectivity index (χ0v) is 16.7. The number of carbonyl (C=O) groups excluding carboxylic acids is 1. The van der Waals surface area contributed by atoms with Gasteiger partial charge in [-0.1, -0.05) is 28.1 Å². The van der Waals surface area contributed by atoms with Gasteiger partial charge < -0.3 is 14.5 Å². The van der Waals surface area contributed by atoms with E-state index in [1.54, 1.807) is 0 Å². The Morgan fingerprint density at radius 1 is 1.15 bits per heavy atom. The van der Waals surface area contributed by atoms with Crippen LogP contribution in [0, 0.1) is 0 Å². The summed E-state index contributed by atoms with van der Waals surface area (Å²) in [7, 11) is -3.48. The second-order valence-electron chi connectivity index (χ2n) is 6.47. The Hall–Kier alpha value is -1.64. The van der Waals surface area contributed by atoms with Crippen LogP contribution in [0.1, 0.15) is 29.0 Å². The number of sulfone groups is 1. The van der Waals surface area contributed by atoms with E-state index < -0.39 is 15.7 Å². The summed E-state index contributed by atoms with van der Waals surface area (Å²) in [6, 6.07) is 10.7. The molecule has 1 N–H and O–H groups in total. The number of halogens is 1. The van der Waals surface area contributed by atoms with E-state index in [0.29, 0.717) is 19.8 Å². The Balaban J connectivity index is 1.76. The van der Waals surface area contributed by atoms with Crippen molar-refractivity contribution in [3.63, 3.8) is 0 Å². The van der Waals surface area contributed by atoms with Gasteiger partial charge in [-0.25, -0.2) is 8.42 Å². The predicted molar refractivity (Wildman–Crippen MR) is 100 cm³/mol. The Labute approximate surface area is 161 Å². The first kappa shape index (κ1) is 19.1. The molecule has 1 aromatic carbocycles. The van der Waals surface area contributed by atoms with Gasteiger partial charge in [-0.2, -0.15) is 0 Å². The molecule has 0 radical (unpaired) electrons. The van der Waals surface area contributed by atoms with E-state index in [9.17, 15) is 13.2 Å². The Bertz CT molecular complexity index is 883. The second kappa shape index (κ2) is 7.54. The Morgan fingerprint density at radius 2 is 1.81 bits per heavy atom. The molecule has 1 aliphatic rings. The van der Waals surface area contributed by atoms with Crippen LogP contribution in [0.3, 0.4) is 0 Å². The van der Waals surface area contributed by atoms with Crippen molar-refractivity contribution in [3.05, 3.63) is 52.2 Å². The van der Waals surface area contributed by atoms with E-state index in [1.165, 1.54) is 12.1 Å². The van der Waals surface area contributed by atoms with Crippen molar-refractivity contribution in [2.24, 2.45) is 0 Å². The summed E-state index contributed by atoms with van der Waals surface area (Å²) in [5, 5.41) is 2.68. The van der Waals surface area contributed by atoms with E-state index in [2.05, 4.69) is 33.4 Å². The number of ether oxygens (including phenoxy) is 1. The van der Waals surface area contributed by atoms with Gasteiger partial charge in [0.1, 0.15) is 0 Å². The van der Waals surface area contributed by atoms with Crippen LogP contribution in [0.4, 0.5) is 0 Å². The van der Waals surface area contributed by atoms with Gasteiger partial charge in [0.25, 0.3) is 5.91 Å². The molecule has 0 bridgehead atoms. The van der Waals surface area contributed by atoms with Crippen LogP contribution in [-0.4, -0.2) is 40.3 Å². The molecule has 1 saturated heterocycles. The maximum atomic E-state index is 12.4. The van der Waals surface area contributed by atoms with Crippen LogP contribution in [0.2, 0.25) is 0 Å². The lowest BCUT2D eigenvalue weighted by Crippen LogP contribution is -2.44. The number of hydrogen-bond donors (Lipinski definition) is 1. The molecule has 6 nitrogen and oxygen atoms in total. The summed E-state index contributed by atoms with van der Waals surface area (Å²) in [5.41, 5.74) is 0.918. The first-order chi connectivity index (χ1) is 12.3. The van der Waals surface area contributed by atoms with Crippen LogP contribution in [0.5, 0.6) is 0 Å². The number of benzene rings is 1. The largest absolute Gasteiger partial charge is 0.440 e. The van der Waals surface area contributed by atoms with Crippen molar-refractivity contribution in [2.45, 2.75) is 23.3 Å². The first-order valence-electron chi connectivity index (χ1n) is 8.22. The lowest BCUT2D eigenvalue weighted by atomic mass is 9.74. The number of nitrogens with one attached hydrogen (secondary N) is 1. The van der Waals surface area contributed by atoms with Gasteiger partial charge in [0.15, 0.2) is 5.76 Å². The molecule has 3 rings (SSSR count). The van der Waals surface area contributed by atoms with Crippen molar-refractivity contribution in [3.8, 4) is 0 Å². The van der Waals surface area contributed by atoms with E-state index >= 15 is 0 Å². The van der Waals surface area contributed by atoms with E-state index in [-0.39, 0.29) is 16.3 Å². The zero-order chi connectivity index (χ0) is 18.8. The van der Waals surface area contributed by atoms with E-state index in [4.69, 9.17) is 9.15 Å². The third kappa shape index (κ3) is 4.19. The third-order valence-electron chi connectivity index (χ3n) is 4.66. The fourth-order valence-corrected chi connectivity index (χ4v) is 3.93. The smallest absolute Gasteiger partial charge is 0.287 e. The van der Waals surface area contributed by atoms with Gasteiger partial charge in [0.05, 0.1) is 0 Å². The minimum absolute atomic E-state index is 0.0107. The first-order valence-corrected chi connectivity index (χ1v) is 10.9. The highest BCUT2D eigenvalue weighted by Crippen LogP contribution is 2.35. The van der Waals surface area contributed by atoms with Gasteiger partial charge in [-0.15, -0.1) is 0 Å². The van der Waals surface area contributed by atoms with Gasteiger partial charge in [0.2, 0.25) is 14.9 Å². The van der Waals surface area contributed by atoms with Gasteiger partial charge in [0, 0.05) is 35.9 Å². The van der Waals surface area contributed by atoms with Crippen LogP contribution >= 0.6 is 15.9 Å². The minimum atomic E-state index is -3.48. The fraction of sp³-hybridized carbons (Fsp3) is 0.389. The van der Waals surface area contributed by atoms with E-state index in [0.717, 1.165) is 29.1 Å². The Morgan fingerprint density at radius 3 is 2.38 bits per heavy atom. The second-order valence-corrected chi connectivity index (χ2v) is 9.34. The maximum Gasteiger partial charge on any atom is 0.287 e. The molecule has 0 aliphatic carbocycles. The highest BCUT2D eigenvalue weighted by atomic mass is 79.9. The van der Waals surface area contributed by atoms with Gasteiger partial charge in [-0.05, 0) is 42.7 Å². The molecule has 0 unspecified atom stereocenters. The monoisotopic (exact) mass is 441 g/mol. The average molecular weight is 442 g/mol. The quantitative estimate of drug-likeness (QED) is 0.770. The predicted octanol–water partition coefficient (Wildman–Crippen LogP) is 2.92. The minimum Gasteiger partial charge on any atom is -0.440 e. The summed E-state index contributed by atoms with van der Waals surface area (Å²) in [6.45, 7) is 1.68. The average Bonchev–Trinajstić information content (AvgIpc) is 3.12. The van der Waals surface area contributed by atoms with Crippen LogP contribution in [0.25, 0.3) is 0 Å². The summed E-state index contributed by atoms with van der Waals surface area (Å²) in [6.07, 6.45) is 2.63. The molecule has 1 amide bonds. The molecule has 2 aromatic rings. The molecule has 26 heavy (non-hydrogen) atoms. The number of carbonyl (C=O) groups is 1. The zero-order valence-electron chi connectivity index (χ0n) is 14.3. The van der Waals surface area contributed by atoms with E-state index in [1.807, 2.05) is 12.1 Å². The maximum absolute atomic E-state index is 12.4. The summed E-state index contributed by atoms with van der Waals surface area (Å²) >= 11 is 3.44. The van der Waals surface area contributed by atoms with Crippen molar-refractivity contribution < 1.29 is 22.4 Å². The lowest BCUT2D eigenvalue weighted by molar-refractivity contribution is 0.0484. The molecule has 0 saturated carbocycles. The van der Waals surface area contributed by atoms with Crippen molar-refractivity contribution >= 4 is 31.7 Å². The fourth-order valence-electron chi connectivity index (χ4n) is 3.11. The molecule has 1 fully saturated rings. The van der Waals surface area contributed by atoms with Crippen molar-refractivity contribution in [1.82, 2.24) is 5.32 Å². The highest BCUT2D eigenvalue weighted by Gasteiger charge is 2.35. The van der Waals surface area contributed by atoms with Gasteiger partial charge >= 0.3 is 0 Å². The lowest BCUT2D eigenvalue weighted by Gasteiger charge is -2.38. The molecule has 140 valence electrons. The normalized spacial score (nSPS) is 17.0. The van der Waals surface area contributed by atoms with Crippen LogP contribution in [-0.2, 0) is 20.0 Å². The standard InChI is InChI=1S/C18H20BrNO5S/c1-26(22,23)16-7-6-15(25-16)17(21)20-12-18(8-10-24-11-9-18)13-2-4-14(19)5-3-13/h2-7H,8-12H2,1H3,(H,20,21). The summed E-state index contributed by atoms with van der Waals surface area (Å²) < 4.78 is 34.7. The molecule has 8 heteroatoms. The molecular formula is C18H20BrNO5S. The highest BCUT2D eigenvalue weighted by molar-refractivity contribution is 9.10. The summed E-state index contributed by atoms with van der Waals surface area (Å²) in [5.74, 6) is -0.439. The van der Waals surface area contributed by atoms with Crippen molar-refractivity contribution in [2.75, 3.05) is 26.0 Å². The molecule has 1 aliphatic heterocycles. The summed E-state index contributed by atoms with van der Waals surface area (Å²) in [4.78, 5) is 12.4. The van der Waals surface area contributed by atoms with Crippen molar-refractivity contribution in [1.29, 1.82) is 0 Å².